The number of hydrogen-bond acceptors (Lipinski definition) is 6. The Morgan fingerprint density at radius 3 is 2.82 bits per heavy atom. The number of ether oxygens (including phenoxy) is 1. The highest BCUT2D eigenvalue weighted by atomic mass is 19.3. The van der Waals surface area contributed by atoms with Gasteiger partial charge in [0.1, 0.15) is 11.6 Å². The third-order valence-corrected chi connectivity index (χ3v) is 4.10. The number of aromatic nitrogens is 2. The fourth-order valence-corrected chi connectivity index (χ4v) is 3.15. The second-order valence-electron chi connectivity index (χ2n) is 5.51. The molecule has 2 heterocycles. The molecule has 1 aliphatic heterocycles. The number of carbonyl (C=O) groups is 1. The van der Waals surface area contributed by atoms with Gasteiger partial charge in [0, 0.05) is 6.42 Å². The minimum absolute atomic E-state index is 0.0327. The lowest BCUT2D eigenvalue weighted by Crippen LogP contribution is -2.56. The number of nitrogen functional groups attached to an aromatic ring is 1. The summed E-state index contributed by atoms with van der Waals surface area (Å²) >= 11 is 0. The summed E-state index contributed by atoms with van der Waals surface area (Å²) < 4.78 is 33.4. The van der Waals surface area contributed by atoms with Crippen LogP contribution in [-0.2, 0) is 6.54 Å². The van der Waals surface area contributed by atoms with Gasteiger partial charge in [0.15, 0.2) is 0 Å². The Labute approximate surface area is 125 Å². The number of rotatable bonds is 2. The molecule has 0 saturated heterocycles. The summed E-state index contributed by atoms with van der Waals surface area (Å²) in [5.41, 5.74) is 5.80. The van der Waals surface area contributed by atoms with Crippen molar-refractivity contribution in [2.45, 2.75) is 43.9 Å². The predicted molar refractivity (Wildman–Crippen MR) is 71.5 cm³/mol. The van der Waals surface area contributed by atoms with Crippen LogP contribution in [-0.4, -0.2) is 51.1 Å². The first-order chi connectivity index (χ1) is 10.3. The number of fused-ring (bicyclic) bond motifs is 1. The molecule has 1 aliphatic carbocycles. The van der Waals surface area contributed by atoms with Gasteiger partial charge in [0.05, 0.1) is 25.5 Å². The molecular weight excluding hydrogens is 298 g/mol. The Balaban J connectivity index is 2.00. The molecule has 7 nitrogen and oxygen atoms in total. The molecule has 0 radical (unpaired) electrons. The van der Waals surface area contributed by atoms with Crippen LogP contribution in [0.4, 0.5) is 14.7 Å². The average Bonchev–Trinajstić information content (AvgIpc) is 2.74. The van der Waals surface area contributed by atoms with Crippen LogP contribution in [0.15, 0.2) is 0 Å². The third-order valence-electron chi connectivity index (χ3n) is 4.10. The second-order valence-corrected chi connectivity index (χ2v) is 5.51. The van der Waals surface area contributed by atoms with Crippen LogP contribution in [0.3, 0.4) is 0 Å². The zero-order chi connectivity index (χ0) is 16.1. The topological polar surface area (TPSA) is 102 Å². The van der Waals surface area contributed by atoms with Crippen molar-refractivity contribution in [1.29, 1.82) is 0 Å². The van der Waals surface area contributed by atoms with Crippen LogP contribution in [0.5, 0.6) is 5.88 Å². The summed E-state index contributed by atoms with van der Waals surface area (Å²) in [6.07, 6.45) is -1.20. The number of amides is 1. The molecule has 3 N–H and O–H groups in total. The molecule has 1 saturated carbocycles. The van der Waals surface area contributed by atoms with E-state index in [1.165, 1.54) is 7.11 Å². The van der Waals surface area contributed by atoms with Gasteiger partial charge in [-0.3, -0.25) is 4.79 Å². The van der Waals surface area contributed by atoms with Gasteiger partial charge in [-0.1, -0.05) is 0 Å². The number of halogens is 2. The average molecular weight is 314 g/mol. The van der Waals surface area contributed by atoms with E-state index in [-0.39, 0.29) is 48.9 Å². The summed E-state index contributed by atoms with van der Waals surface area (Å²) in [4.78, 5) is 21.2. The van der Waals surface area contributed by atoms with Gasteiger partial charge in [-0.15, -0.1) is 0 Å². The molecule has 1 aromatic heterocycles. The van der Waals surface area contributed by atoms with Gasteiger partial charge in [0.2, 0.25) is 11.8 Å². The van der Waals surface area contributed by atoms with Crippen molar-refractivity contribution in [2.24, 2.45) is 0 Å². The summed E-state index contributed by atoms with van der Waals surface area (Å²) in [6.45, 7) is -0.144. The van der Waals surface area contributed by atoms with E-state index in [0.29, 0.717) is 0 Å². The summed E-state index contributed by atoms with van der Waals surface area (Å²) in [7, 11) is 1.31. The lowest BCUT2D eigenvalue weighted by atomic mass is 9.88. The first-order valence-corrected chi connectivity index (χ1v) is 6.92. The molecule has 1 aromatic rings. The third kappa shape index (κ3) is 2.16. The van der Waals surface area contributed by atoms with Crippen LogP contribution in [0.25, 0.3) is 0 Å². The molecule has 2 aliphatic rings. The maximum absolute atomic E-state index is 14.2. The van der Waals surface area contributed by atoms with E-state index in [2.05, 4.69) is 9.97 Å². The highest BCUT2D eigenvalue weighted by Crippen LogP contribution is 2.41. The second kappa shape index (κ2) is 5.01. The number of carbonyl (C=O) groups excluding carboxylic acids is 1. The fraction of sp³-hybridized carbons (Fsp3) is 0.615. The number of methoxy groups -OCH3 is 1. The Morgan fingerprint density at radius 2 is 2.18 bits per heavy atom. The minimum atomic E-state index is -3.15. The molecule has 2 unspecified atom stereocenters. The highest BCUT2D eigenvalue weighted by Gasteiger charge is 2.53. The predicted octanol–water partition coefficient (Wildman–Crippen LogP) is 0.572. The molecular formula is C13H16F2N4O3. The van der Waals surface area contributed by atoms with Crippen LogP contribution >= 0.6 is 0 Å². The number of nitrogens with zero attached hydrogens (tertiary/aromatic N) is 3. The smallest absolute Gasteiger partial charge is 0.270 e. The normalized spacial score (nSPS) is 26.9. The largest absolute Gasteiger partial charge is 0.480 e. The van der Waals surface area contributed by atoms with E-state index >= 15 is 0 Å². The lowest BCUT2D eigenvalue weighted by molar-refractivity contribution is -0.140. The van der Waals surface area contributed by atoms with Crippen LogP contribution in [0, 0.1) is 0 Å². The molecule has 2 atom stereocenters. The molecule has 120 valence electrons. The van der Waals surface area contributed by atoms with Gasteiger partial charge < -0.3 is 20.5 Å². The van der Waals surface area contributed by atoms with Crippen molar-refractivity contribution in [2.75, 3.05) is 12.8 Å². The quantitative estimate of drug-likeness (QED) is 0.827. The number of alkyl halides is 2. The Kier molecular flexibility index (Phi) is 3.39. The fourth-order valence-electron chi connectivity index (χ4n) is 3.15. The van der Waals surface area contributed by atoms with E-state index in [1.54, 1.807) is 0 Å². The SMILES string of the molecule is COc1nc(N)nc2c1C(=O)N(C1C(O)CCCC1(F)F)C2. The molecule has 1 amide bonds. The number of aliphatic hydroxyl groups is 1. The summed E-state index contributed by atoms with van der Waals surface area (Å²) in [5.74, 6) is -3.95. The van der Waals surface area contributed by atoms with E-state index in [9.17, 15) is 18.7 Å². The maximum atomic E-state index is 14.2. The van der Waals surface area contributed by atoms with Gasteiger partial charge >= 0.3 is 0 Å². The zero-order valence-corrected chi connectivity index (χ0v) is 11.9. The molecule has 0 spiro atoms. The zero-order valence-electron chi connectivity index (χ0n) is 11.9. The first kappa shape index (κ1) is 14.9. The van der Waals surface area contributed by atoms with Gasteiger partial charge in [-0.2, -0.15) is 4.98 Å². The monoisotopic (exact) mass is 314 g/mol. The standard InChI is InChI=1S/C13H16F2N4O3/c1-22-10-8-6(17-12(16)18-10)5-19(11(8)21)9-7(20)3-2-4-13(9,14)15/h7,9,20H,2-5H2,1H3,(H2,16,17,18). The lowest BCUT2D eigenvalue weighted by Gasteiger charge is -2.40. The molecule has 22 heavy (non-hydrogen) atoms. The number of nitrogens with two attached hydrogens (primary N) is 1. The van der Waals surface area contributed by atoms with E-state index in [4.69, 9.17) is 10.5 Å². The number of hydrogen-bond donors (Lipinski definition) is 2. The molecule has 0 aromatic carbocycles. The maximum Gasteiger partial charge on any atom is 0.270 e. The van der Waals surface area contributed by atoms with Gasteiger partial charge in [-0.05, 0) is 12.8 Å². The minimum Gasteiger partial charge on any atom is -0.480 e. The Hall–Kier alpha value is -2.03. The number of aliphatic hydroxyl groups excluding tert-OH is 1. The Bertz CT molecular complexity index is 626. The van der Waals surface area contributed by atoms with Crippen molar-refractivity contribution in [3.63, 3.8) is 0 Å². The van der Waals surface area contributed by atoms with Crippen LogP contribution in [0.1, 0.15) is 35.3 Å². The number of anilines is 1. The summed E-state index contributed by atoms with van der Waals surface area (Å²) in [5, 5.41) is 9.98. The van der Waals surface area contributed by atoms with Crippen molar-refractivity contribution in [3.05, 3.63) is 11.3 Å². The summed E-state index contributed by atoms with van der Waals surface area (Å²) in [6, 6.07) is -1.58. The van der Waals surface area contributed by atoms with Crippen LogP contribution in [0.2, 0.25) is 0 Å². The van der Waals surface area contributed by atoms with Crippen LogP contribution < -0.4 is 10.5 Å². The molecule has 3 rings (SSSR count). The van der Waals surface area contributed by atoms with Crippen molar-refractivity contribution in [3.8, 4) is 5.88 Å². The van der Waals surface area contributed by atoms with Crippen molar-refractivity contribution < 1.29 is 23.4 Å². The highest BCUT2D eigenvalue weighted by molar-refractivity contribution is 6.00. The molecule has 0 bridgehead atoms. The van der Waals surface area contributed by atoms with Crippen molar-refractivity contribution in [1.82, 2.24) is 14.9 Å². The van der Waals surface area contributed by atoms with Gasteiger partial charge in [-0.25, -0.2) is 13.8 Å². The Morgan fingerprint density at radius 1 is 1.45 bits per heavy atom. The molecule has 9 heteroatoms. The van der Waals surface area contributed by atoms with Gasteiger partial charge in [0.25, 0.3) is 11.8 Å². The first-order valence-electron chi connectivity index (χ1n) is 6.92. The van der Waals surface area contributed by atoms with E-state index in [1.807, 2.05) is 0 Å². The van der Waals surface area contributed by atoms with Crippen molar-refractivity contribution >= 4 is 11.9 Å². The molecule has 1 fully saturated rings. The van der Waals surface area contributed by atoms with E-state index < -0.39 is 24.0 Å². The van der Waals surface area contributed by atoms with E-state index in [0.717, 1.165) is 4.90 Å².